The van der Waals surface area contributed by atoms with Crippen LogP contribution in [-0.2, 0) is 9.59 Å². The highest BCUT2D eigenvalue weighted by Crippen LogP contribution is 2.29. The number of unbranched alkanes of at least 4 members (excludes halogenated alkanes) is 2. The fraction of sp³-hybridized carbons (Fsp3) is 0.867. The summed E-state index contributed by atoms with van der Waals surface area (Å²) in [4.78, 5) is 24.3. The van der Waals surface area contributed by atoms with Crippen LogP contribution >= 0.6 is 0 Å². The molecule has 0 N–H and O–H groups in total. The van der Waals surface area contributed by atoms with E-state index in [0.29, 0.717) is 25.8 Å². The molecule has 0 bridgehead atoms. The molecule has 1 fully saturated rings. The smallest absolute Gasteiger partial charge is 0.282 e. The predicted octanol–water partition coefficient (Wildman–Crippen LogP) is 4.17. The second-order valence-corrected chi connectivity index (χ2v) is 5.28. The van der Waals surface area contributed by atoms with Crippen molar-refractivity contribution >= 4 is 11.8 Å². The first-order valence-electron chi connectivity index (χ1n) is 7.64. The Kier molecular flexibility index (Phi) is 8.59. The van der Waals surface area contributed by atoms with Crippen molar-refractivity contribution in [1.82, 2.24) is 4.90 Å². The van der Waals surface area contributed by atoms with Gasteiger partial charge in [0, 0.05) is 18.9 Å². The van der Waals surface area contributed by atoms with Crippen LogP contribution in [0.15, 0.2) is 0 Å². The number of nitrogens with zero attached hydrogens (tertiary/aromatic N) is 1. The van der Waals surface area contributed by atoms with Gasteiger partial charge in [0.15, 0.2) is 0 Å². The van der Waals surface area contributed by atoms with E-state index in [-0.39, 0.29) is 30.6 Å². The lowest BCUT2D eigenvalue weighted by Crippen LogP contribution is -2.31. The van der Waals surface area contributed by atoms with Crippen LogP contribution in [0.1, 0.15) is 59.8 Å². The van der Waals surface area contributed by atoms with Crippen LogP contribution in [0.2, 0.25) is 0 Å². The van der Waals surface area contributed by atoms with Gasteiger partial charge < -0.3 is 0 Å². The Morgan fingerprint density at radius 2 is 1.76 bits per heavy atom. The van der Waals surface area contributed by atoms with Gasteiger partial charge in [-0.25, -0.2) is 0 Å². The highest BCUT2D eigenvalue weighted by molar-refractivity contribution is 6.03. The summed E-state index contributed by atoms with van der Waals surface area (Å²) in [5.74, 6) is -1.87. The van der Waals surface area contributed by atoms with Gasteiger partial charge in [0.25, 0.3) is 0 Å². The average Bonchev–Trinajstić information content (AvgIpc) is 2.65. The normalized spacial score (nSPS) is 20.3. The molecule has 1 saturated heterocycles. The molecule has 1 aliphatic heterocycles. The molecule has 6 heteroatoms. The summed E-state index contributed by atoms with van der Waals surface area (Å²) in [6.45, 7) is 7.23. The van der Waals surface area contributed by atoms with Gasteiger partial charge in [-0.1, -0.05) is 40.5 Å². The number of rotatable bonds is 6. The lowest BCUT2D eigenvalue weighted by Gasteiger charge is -2.16. The van der Waals surface area contributed by atoms with Crippen molar-refractivity contribution in [3.05, 3.63) is 0 Å². The molecule has 0 spiro atoms. The van der Waals surface area contributed by atoms with Crippen molar-refractivity contribution in [2.24, 2.45) is 11.8 Å². The summed E-state index contributed by atoms with van der Waals surface area (Å²) >= 11 is 0. The molecule has 0 radical (unpaired) electrons. The largest absolute Gasteiger partial charge is 0.391 e. The number of hydrogen-bond acceptors (Lipinski definition) is 2. The van der Waals surface area contributed by atoms with Crippen LogP contribution in [0.4, 0.5) is 13.2 Å². The number of hydrogen-bond donors (Lipinski definition) is 0. The van der Waals surface area contributed by atoms with Crippen molar-refractivity contribution in [2.75, 3.05) is 6.54 Å². The zero-order valence-electron chi connectivity index (χ0n) is 13.3. The molecule has 0 saturated carbocycles. The van der Waals surface area contributed by atoms with Gasteiger partial charge in [0.05, 0.1) is 5.92 Å². The number of amides is 2. The average molecular weight is 309 g/mol. The maximum Gasteiger partial charge on any atom is 0.391 e. The molecule has 2 amide bonds. The standard InChI is InChI=1S/C13H20F3NO2.C2H6/c1-9-8-11(18)17(12(9)19)7-5-3-4-6-10(2)13(14,15)16;1-2/h9-10H,3-8H2,1-2H3;1-2H3. The Morgan fingerprint density at radius 3 is 2.19 bits per heavy atom. The minimum atomic E-state index is -4.13. The van der Waals surface area contributed by atoms with Crippen LogP contribution in [-0.4, -0.2) is 29.4 Å². The van der Waals surface area contributed by atoms with Gasteiger partial charge in [-0.15, -0.1) is 0 Å². The second-order valence-electron chi connectivity index (χ2n) is 5.28. The SMILES string of the molecule is CC.CC1CC(=O)N(CCCCCC(C)C(F)(F)F)C1=O. The number of halogens is 3. The fourth-order valence-corrected chi connectivity index (χ4v) is 2.14. The highest BCUT2D eigenvalue weighted by atomic mass is 19.4. The first-order valence-corrected chi connectivity index (χ1v) is 7.64. The summed E-state index contributed by atoms with van der Waals surface area (Å²) in [5.41, 5.74) is 0. The molecule has 3 nitrogen and oxygen atoms in total. The molecule has 1 rings (SSSR count). The van der Waals surface area contributed by atoms with E-state index in [1.165, 1.54) is 11.8 Å². The Balaban J connectivity index is 0.00000191. The summed E-state index contributed by atoms with van der Waals surface area (Å²) in [5, 5.41) is 0. The molecule has 2 atom stereocenters. The van der Waals surface area contributed by atoms with E-state index in [4.69, 9.17) is 0 Å². The van der Waals surface area contributed by atoms with Gasteiger partial charge in [0.1, 0.15) is 0 Å². The van der Waals surface area contributed by atoms with Crippen molar-refractivity contribution in [3.63, 3.8) is 0 Å². The highest BCUT2D eigenvalue weighted by Gasteiger charge is 2.36. The molecule has 0 aliphatic carbocycles. The number of carbonyl (C=O) groups excluding carboxylic acids is 2. The van der Waals surface area contributed by atoms with Crippen molar-refractivity contribution < 1.29 is 22.8 Å². The van der Waals surface area contributed by atoms with Crippen molar-refractivity contribution in [3.8, 4) is 0 Å². The molecule has 0 aromatic carbocycles. The molecular formula is C15H26F3NO2. The monoisotopic (exact) mass is 309 g/mol. The van der Waals surface area contributed by atoms with E-state index in [9.17, 15) is 22.8 Å². The van der Waals surface area contributed by atoms with Gasteiger partial charge in [-0.3, -0.25) is 14.5 Å². The molecular weight excluding hydrogens is 283 g/mol. The molecule has 0 aromatic heterocycles. The maximum absolute atomic E-state index is 12.3. The Morgan fingerprint density at radius 1 is 1.19 bits per heavy atom. The van der Waals surface area contributed by atoms with E-state index in [1.807, 2.05) is 13.8 Å². The second kappa shape index (κ2) is 9.05. The van der Waals surface area contributed by atoms with Crippen molar-refractivity contribution in [2.45, 2.75) is 66.0 Å². The minimum Gasteiger partial charge on any atom is -0.282 e. The Bertz CT molecular complexity index is 342. The lowest BCUT2D eigenvalue weighted by atomic mass is 10.0. The topological polar surface area (TPSA) is 37.4 Å². The summed E-state index contributed by atoms with van der Waals surface area (Å²) < 4.78 is 36.8. The number of imide groups is 1. The van der Waals surface area contributed by atoms with Crippen LogP contribution in [0.5, 0.6) is 0 Å². The van der Waals surface area contributed by atoms with Gasteiger partial charge in [-0.05, 0) is 12.8 Å². The van der Waals surface area contributed by atoms with E-state index in [0.717, 1.165) is 0 Å². The lowest BCUT2D eigenvalue weighted by molar-refractivity contribution is -0.171. The van der Waals surface area contributed by atoms with Crippen LogP contribution < -0.4 is 0 Å². The van der Waals surface area contributed by atoms with Crippen LogP contribution in [0, 0.1) is 11.8 Å². The zero-order valence-corrected chi connectivity index (χ0v) is 13.3. The minimum absolute atomic E-state index is 0.0990. The number of likely N-dealkylation sites (tertiary alicyclic amines) is 1. The zero-order chi connectivity index (χ0) is 16.6. The van der Waals surface area contributed by atoms with E-state index < -0.39 is 12.1 Å². The third kappa shape index (κ3) is 6.48. The van der Waals surface area contributed by atoms with Gasteiger partial charge >= 0.3 is 6.18 Å². The molecule has 1 aliphatic rings. The summed E-state index contributed by atoms with van der Waals surface area (Å²) in [7, 11) is 0. The van der Waals surface area contributed by atoms with E-state index in [2.05, 4.69) is 0 Å². The quantitative estimate of drug-likeness (QED) is 0.545. The van der Waals surface area contributed by atoms with Gasteiger partial charge in [-0.2, -0.15) is 13.2 Å². The first-order chi connectivity index (χ1) is 9.73. The molecule has 21 heavy (non-hydrogen) atoms. The molecule has 0 aromatic rings. The number of carbonyl (C=O) groups is 2. The van der Waals surface area contributed by atoms with Crippen LogP contribution in [0.25, 0.3) is 0 Å². The third-order valence-corrected chi connectivity index (χ3v) is 3.55. The molecule has 2 unspecified atom stereocenters. The number of alkyl halides is 3. The predicted molar refractivity (Wildman–Crippen MR) is 75.5 cm³/mol. The van der Waals surface area contributed by atoms with Crippen LogP contribution in [0.3, 0.4) is 0 Å². The fourth-order valence-electron chi connectivity index (χ4n) is 2.14. The molecule has 1 heterocycles. The third-order valence-electron chi connectivity index (χ3n) is 3.55. The summed E-state index contributed by atoms with van der Waals surface area (Å²) in [6.07, 6.45) is -2.13. The van der Waals surface area contributed by atoms with E-state index >= 15 is 0 Å². The van der Waals surface area contributed by atoms with Crippen molar-refractivity contribution in [1.29, 1.82) is 0 Å². The Labute approximate surface area is 124 Å². The maximum atomic E-state index is 12.3. The van der Waals surface area contributed by atoms with E-state index in [1.54, 1.807) is 6.92 Å². The Hall–Kier alpha value is -1.07. The summed E-state index contributed by atoms with van der Waals surface area (Å²) in [6, 6.07) is 0. The van der Waals surface area contributed by atoms with Gasteiger partial charge in [0.2, 0.25) is 11.8 Å². The molecule has 124 valence electrons. The first kappa shape index (κ1) is 19.9.